The summed E-state index contributed by atoms with van der Waals surface area (Å²) in [5, 5.41) is 13.3. The summed E-state index contributed by atoms with van der Waals surface area (Å²) >= 11 is 0. The number of nitro groups is 1. The first-order valence-electron chi connectivity index (χ1n) is 7.03. The predicted molar refractivity (Wildman–Crippen MR) is 76.1 cm³/mol. The number of likely N-dealkylation sites (N-methyl/N-ethyl adjacent to an activating group) is 1. The molecule has 23 heavy (non-hydrogen) atoms. The normalized spacial score (nSPS) is 18.9. The fourth-order valence-electron chi connectivity index (χ4n) is 2.56. The van der Waals surface area contributed by atoms with E-state index in [9.17, 15) is 28.1 Å². The first-order chi connectivity index (χ1) is 10.7. The molecule has 0 saturated carbocycles. The first-order valence-corrected chi connectivity index (χ1v) is 7.03. The summed E-state index contributed by atoms with van der Waals surface area (Å²) in [6, 6.07) is 2.02. The van der Waals surface area contributed by atoms with E-state index in [4.69, 9.17) is 0 Å². The lowest BCUT2D eigenvalue weighted by Gasteiger charge is -2.19. The van der Waals surface area contributed by atoms with Gasteiger partial charge in [0, 0.05) is 30.3 Å². The van der Waals surface area contributed by atoms with Crippen LogP contribution in [0.1, 0.15) is 28.8 Å². The maximum Gasteiger partial charge on any atom is 0.416 e. The standard InChI is InChI=1S/C14H16F3N3O3/c1-19-4-2-3-11(19)8-18-13(21)9-5-10(14(15,16)17)7-12(6-9)20(22)23/h5-7,11H,2-4,8H2,1H3,(H,18,21). The summed E-state index contributed by atoms with van der Waals surface area (Å²) in [6.45, 7) is 1.19. The minimum atomic E-state index is -4.76. The Morgan fingerprint density at radius 1 is 1.43 bits per heavy atom. The Labute approximate surface area is 130 Å². The van der Waals surface area contributed by atoms with E-state index in [1.165, 1.54) is 0 Å². The molecule has 1 heterocycles. The van der Waals surface area contributed by atoms with Crippen LogP contribution in [0.15, 0.2) is 18.2 Å². The number of hydrogen-bond donors (Lipinski definition) is 1. The second kappa shape index (κ2) is 6.53. The molecule has 1 aliphatic heterocycles. The second-order valence-electron chi connectivity index (χ2n) is 5.51. The molecule has 1 aromatic rings. The van der Waals surface area contributed by atoms with Gasteiger partial charge in [0.15, 0.2) is 0 Å². The number of amides is 1. The molecule has 1 aromatic carbocycles. The zero-order valence-electron chi connectivity index (χ0n) is 12.4. The molecule has 0 spiro atoms. The van der Waals surface area contributed by atoms with Crippen molar-refractivity contribution in [1.82, 2.24) is 10.2 Å². The van der Waals surface area contributed by atoms with Crippen LogP contribution in [0, 0.1) is 10.1 Å². The van der Waals surface area contributed by atoms with Gasteiger partial charge in [0.2, 0.25) is 0 Å². The number of likely N-dealkylation sites (tertiary alicyclic amines) is 1. The molecule has 0 bridgehead atoms. The van der Waals surface area contributed by atoms with Crippen LogP contribution in [-0.2, 0) is 6.18 Å². The molecular weight excluding hydrogens is 315 g/mol. The number of nitrogens with zero attached hydrogens (tertiary/aromatic N) is 2. The summed E-state index contributed by atoms with van der Waals surface area (Å²) in [4.78, 5) is 23.9. The lowest BCUT2D eigenvalue weighted by molar-refractivity contribution is -0.385. The average Bonchev–Trinajstić information content (AvgIpc) is 2.88. The van der Waals surface area contributed by atoms with E-state index < -0.39 is 28.3 Å². The number of hydrogen-bond acceptors (Lipinski definition) is 4. The van der Waals surface area contributed by atoms with E-state index in [2.05, 4.69) is 10.2 Å². The molecule has 1 atom stereocenters. The van der Waals surface area contributed by atoms with E-state index in [0.29, 0.717) is 18.7 Å². The first kappa shape index (κ1) is 17.2. The lowest BCUT2D eigenvalue weighted by Crippen LogP contribution is -2.38. The van der Waals surface area contributed by atoms with Crippen LogP contribution in [0.25, 0.3) is 0 Å². The fourth-order valence-corrected chi connectivity index (χ4v) is 2.56. The zero-order valence-corrected chi connectivity index (χ0v) is 12.4. The van der Waals surface area contributed by atoms with Crippen LogP contribution < -0.4 is 5.32 Å². The quantitative estimate of drug-likeness (QED) is 0.679. The SMILES string of the molecule is CN1CCCC1CNC(=O)c1cc([N+](=O)[O-])cc(C(F)(F)F)c1. The van der Waals surface area contributed by atoms with Gasteiger partial charge in [0.05, 0.1) is 10.5 Å². The van der Waals surface area contributed by atoms with Crippen molar-refractivity contribution in [2.45, 2.75) is 25.1 Å². The largest absolute Gasteiger partial charge is 0.416 e. The number of carbonyl (C=O) groups excluding carboxylic acids is 1. The molecule has 0 aromatic heterocycles. The van der Waals surface area contributed by atoms with Gasteiger partial charge in [0.25, 0.3) is 11.6 Å². The van der Waals surface area contributed by atoms with E-state index in [0.717, 1.165) is 25.5 Å². The Balaban J connectivity index is 2.18. The molecule has 1 aliphatic rings. The number of halogens is 3. The summed E-state index contributed by atoms with van der Waals surface area (Å²) in [7, 11) is 1.90. The zero-order chi connectivity index (χ0) is 17.2. The van der Waals surface area contributed by atoms with Gasteiger partial charge in [-0.15, -0.1) is 0 Å². The van der Waals surface area contributed by atoms with Crippen LogP contribution in [0.3, 0.4) is 0 Å². The fraction of sp³-hybridized carbons (Fsp3) is 0.500. The van der Waals surface area contributed by atoms with Crippen LogP contribution in [0.4, 0.5) is 18.9 Å². The maximum atomic E-state index is 12.8. The number of carbonyl (C=O) groups is 1. The highest BCUT2D eigenvalue weighted by atomic mass is 19.4. The minimum absolute atomic E-state index is 0.125. The van der Waals surface area contributed by atoms with Gasteiger partial charge < -0.3 is 10.2 Å². The molecule has 1 N–H and O–H groups in total. The van der Waals surface area contributed by atoms with Gasteiger partial charge in [-0.2, -0.15) is 13.2 Å². The molecule has 9 heteroatoms. The third-order valence-corrected chi connectivity index (χ3v) is 3.89. The average molecular weight is 331 g/mol. The number of nitrogens with one attached hydrogen (secondary N) is 1. The lowest BCUT2D eigenvalue weighted by atomic mass is 10.1. The molecule has 0 radical (unpaired) electrons. The monoisotopic (exact) mass is 331 g/mol. The number of rotatable bonds is 4. The summed E-state index contributed by atoms with van der Waals surface area (Å²) in [5.74, 6) is -0.750. The summed E-state index contributed by atoms with van der Waals surface area (Å²) < 4.78 is 38.4. The Kier molecular flexibility index (Phi) is 4.88. The van der Waals surface area contributed by atoms with Gasteiger partial charge in [0.1, 0.15) is 0 Å². The Hall–Kier alpha value is -2.16. The van der Waals surface area contributed by atoms with Gasteiger partial charge >= 0.3 is 6.18 Å². The van der Waals surface area contributed by atoms with Crippen molar-refractivity contribution in [2.75, 3.05) is 20.1 Å². The van der Waals surface area contributed by atoms with Gasteiger partial charge in [-0.05, 0) is 32.5 Å². The predicted octanol–water partition coefficient (Wildman–Crippen LogP) is 2.44. The van der Waals surface area contributed by atoms with Crippen molar-refractivity contribution in [3.05, 3.63) is 39.4 Å². The Bertz CT molecular complexity index is 619. The van der Waals surface area contributed by atoms with Crippen molar-refractivity contribution in [3.63, 3.8) is 0 Å². The smallest absolute Gasteiger partial charge is 0.350 e. The van der Waals surface area contributed by atoms with Crippen molar-refractivity contribution >= 4 is 11.6 Å². The molecule has 126 valence electrons. The highest BCUT2D eigenvalue weighted by molar-refractivity contribution is 5.95. The van der Waals surface area contributed by atoms with E-state index in [1.807, 2.05) is 7.05 Å². The molecule has 6 nitrogen and oxygen atoms in total. The third kappa shape index (κ3) is 4.19. The molecule has 1 amide bonds. The summed E-state index contributed by atoms with van der Waals surface area (Å²) in [6.07, 6.45) is -2.88. The van der Waals surface area contributed by atoms with E-state index in [-0.39, 0.29) is 11.6 Å². The van der Waals surface area contributed by atoms with E-state index in [1.54, 1.807) is 0 Å². The van der Waals surface area contributed by atoms with Crippen LogP contribution in [-0.4, -0.2) is 41.9 Å². The second-order valence-corrected chi connectivity index (χ2v) is 5.51. The number of benzene rings is 1. The molecule has 1 unspecified atom stereocenters. The van der Waals surface area contributed by atoms with Crippen LogP contribution >= 0.6 is 0 Å². The molecular formula is C14H16F3N3O3. The topological polar surface area (TPSA) is 75.5 Å². The van der Waals surface area contributed by atoms with Crippen molar-refractivity contribution < 1.29 is 22.9 Å². The Morgan fingerprint density at radius 2 is 2.13 bits per heavy atom. The summed E-state index contributed by atoms with van der Waals surface area (Å²) in [5.41, 5.74) is -2.34. The third-order valence-electron chi connectivity index (χ3n) is 3.89. The Morgan fingerprint density at radius 3 is 2.65 bits per heavy atom. The molecule has 0 aliphatic carbocycles. The maximum absolute atomic E-state index is 12.8. The van der Waals surface area contributed by atoms with Crippen molar-refractivity contribution in [1.29, 1.82) is 0 Å². The van der Waals surface area contributed by atoms with Gasteiger partial charge in [-0.3, -0.25) is 14.9 Å². The number of nitro benzene ring substituents is 1. The highest BCUT2D eigenvalue weighted by Crippen LogP contribution is 2.32. The molecule has 2 rings (SSSR count). The molecule has 1 fully saturated rings. The van der Waals surface area contributed by atoms with Crippen molar-refractivity contribution in [2.24, 2.45) is 0 Å². The number of alkyl halides is 3. The minimum Gasteiger partial charge on any atom is -0.350 e. The van der Waals surface area contributed by atoms with Gasteiger partial charge in [-0.1, -0.05) is 0 Å². The van der Waals surface area contributed by atoms with Gasteiger partial charge in [-0.25, -0.2) is 0 Å². The highest BCUT2D eigenvalue weighted by Gasteiger charge is 2.33. The van der Waals surface area contributed by atoms with Crippen LogP contribution in [0.2, 0.25) is 0 Å². The number of non-ortho nitro benzene ring substituents is 1. The van der Waals surface area contributed by atoms with E-state index >= 15 is 0 Å². The molecule has 1 saturated heterocycles. The van der Waals surface area contributed by atoms with Crippen LogP contribution in [0.5, 0.6) is 0 Å². The van der Waals surface area contributed by atoms with Crippen molar-refractivity contribution in [3.8, 4) is 0 Å².